The summed E-state index contributed by atoms with van der Waals surface area (Å²) in [6.07, 6.45) is 3.26. The van der Waals surface area contributed by atoms with Crippen LogP contribution in [0.4, 0.5) is 0 Å². The van der Waals surface area contributed by atoms with Crippen LogP contribution in [0.15, 0.2) is 33.5 Å². The number of halogens is 1. The van der Waals surface area contributed by atoms with E-state index < -0.39 is 0 Å². The molecular formula is C16H19ClN2O3. The molecule has 0 saturated carbocycles. The van der Waals surface area contributed by atoms with Gasteiger partial charge < -0.3 is 15.1 Å². The van der Waals surface area contributed by atoms with Gasteiger partial charge in [-0.05, 0) is 37.5 Å². The Morgan fingerprint density at radius 2 is 1.91 bits per heavy atom. The zero-order valence-corrected chi connectivity index (χ0v) is 13.0. The Kier molecular flexibility index (Phi) is 5.21. The van der Waals surface area contributed by atoms with Crippen molar-refractivity contribution in [2.75, 3.05) is 13.1 Å². The Bertz CT molecular complexity index is 736. The number of hydrogen-bond donors (Lipinski definition) is 1. The van der Waals surface area contributed by atoms with Crippen molar-refractivity contribution in [2.24, 2.45) is 5.73 Å². The molecule has 1 amide bonds. The summed E-state index contributed by atoms with van der Waals surface area (Å²) in [6, 6.07) is 6.39. The third-order valence-corrected chi connectivity index (χ3v) is 3.87. The minimum absolute atomic E-state index is 0. The molecule has 0 bridgehead atoms. The standard InChI is InChI=1S/C16H18N2O3.ClH/c17-10-12-9-14(19)13-8-11(4-5-15(13)21-12)16(20)18-6-2-1-3-7-18;/h4-5,8-9H,1-3,6-7,10,17H2;1H. The van der Waals surface area contributed by atoms with Crippen LogP contribution in [0, 0.1) is 0 Å². The third-order valence-electron chi connectivity index (χ3n) is 3.87. The van der Waals surface area contributed by atoms with E-state index >= 15 is 0 Å². The Morgan fingerprint density at radius 1 is 1.18 bits per heavy atom. The lowest BCUT2D eigenvalue weighted by Crippen LogP contribution is -2.35. The normalized spacial score (nSPS) is 14.7. The molecule has 2 N–H and O–H groups in total. The zero-order chi connectivity index (χ0) is 14.8. The molecule has 0 atom stereocenters. The maximum Gasteiger partial charge on any atom is 0.253 e. The van der Waals surface area contributed by atoms with Crippen LogP contribution < -0.4 is 11.2 Å². The van der Waals surface area contributed by atoms with Gasteiger partial charge in [-0.15, -0.1) is 12.4 Å². The predicted molar refractivity (Wildman–Crippen MR) is 87.4 cm³/mol. The quantitative estimate of drug-likeness (QED) is 0.920. The summed E-state index contributed by atoms with van der Waals surface area (Å²) in [5.41, 5.74) is 6.34. The first-order valence-electron chi connectivity index (χ1n) is 7.25. The molecule has 0 radical (unpaired) electrons. The van der Waals surface area contributed by atoms with Gasteiger partial charge >= 0.3 is 0 Å². The van der Waals surface area contributed by atoms with Crippen LogP contribution in [0.25, 0.3) is 11.0 Å². The van der Waals surface area contributed by atoms with Gasteiger partial charge in [-0.2, -0.15) is 0 Å². The van der Waals surface area contributed by atoms with Crippen LogP contribution in [0.1, 0.15) is 35.4 Å². The van der Waals surface area contributed by atoms with Crippen LogP contribution in [-0.2, 0) is 6.54 Å². The second kappa shape index (κ2) is 6.94. The number of nitrogens with zero attached hydrogens (tertiary/aromatic N) is 1. The highest BCUT2D eigenvalue weighted by atomic mass is 35.5. The molecule has 1 fully saturated rings. The largest absolute Gasteiger partial charge is 0.459 e. The summed E-state index contributed by atoms with van der Waals surface area (Å²) in [4.78, 5) is 26.4. The van der Waals surface area contributed by atoms with Gasteiger partial charge in [0.2, 0.25) is 0 Å². The van der Waals surface area contributed by atoms with Crippen molar-refractivity contribution in [2.45, 2.75) is 25.8 Å². The molecule has 0 aliphatic carbocycles. The number of likely N-dealkylation sites (tertiary alicyclic amines) is 1. The minimum Gasteiger partial charge on any atom is -0.459 e. The van der Waals surface area contributed by atoms with Crippen LogP contribution in [-0.4, -0.2) is 23.9 Å². The van der Waals surface area contributed by atoms with Crippen LogP contribution in [0.5, 0.6) is 0 Å². The van der Waals surface area contributed by atoms with E-state index in [0.717, 1.165) is 25.9 Å². The third kappa shape index (κ3) is 3.15. The molecule has 1 aliphatic rings. The Labute approximate surface area is 134 Å². The van der Waals surface area contributed by atoms with Gasteiger partial charge in [0.1, 0.15) is 11.3 Å². The first-order valence-corrected chi connectivity index (χ1v) is 7.25. The van der Waals surface area contributed by atoms with E-state index in [4.69, 9.17) is 10.2 Å². The molecule has 1 saturated heterocycles. The van der Waals surface area contributed by atoms with Gasteiger partial charge in [-0.3, -0.25) is 9.59 Å². The number of amides is 1. The highest BCUT2D eigenvalue weighted by Gasteiger charge is 2.19. The van der Waals surface area contributed by atoms with Crippen LogP contribution >= 0.6 is 12.4 Å². The number of carbonyl (C=O) groups is 1. The number of carbonyl (C=O) groups excluding carboxylic acids is 1. The van der Waals surface area contributed by atoms with E-state index in [9.17, 15) is 9.59 Å². The fourth-order valence-electron chi connectivity index (χ4n) is 2.72. The van der Waals surface area contributed by atoms with Crippen molar-refractivity contribution >= 4 is 29.3 Å². The number of piperidine rings is 1. The lowest BCUT2D eigenvalue weighted by Gasteiger charge is -2.26. The van der Waals surface area contributed by atoms with E-state index in [0.29, 0.717) is 22.3 Å². The summed E-state index contributed by atoms with van der Waals surface area (Å²) in [6.45, 7) is 1.76. The summed E-state index contributed by atoms with van der Waals surface area (Å²) < 4.78 is 5.52. The van der Waals surface area contributed by atoms with E-state index in [1.807, 2.05) is 4.90 Å². The first kappa shape index (κ1) is 16.5. The van der Waals surface area contributed by atoms with Gasteiger partial charge in [0.15, 0.2) is 5.43 Å². The maximum atomic E-state index is 12.5. The summed E-state index contributed by atoms with van der Waals surface area (Å²) in [5, 5.41) is 0.426. The molecule has 22 heavy (non-hydrogen) atoms. The van der Waals surface area contributed by atoms with Crippen molar-refractivity contribution in [3.8, 4) is 0 Å². The summed E-state index contributed by atoms with van der Waals surface area (Å²) in [7, 11) is 0. The van der Waals surface area contributed by atoms with E-state index in [-0.39, 0.29) is 30.3 Å². The molecule has 1 aromatic carbocycles. The molecule has 2 heterocycles. The van der Waals surface area contributed by atoms with E-state index in [1.54, 1.807) is 18.2 Å². The zero-order valence-electron chi connectivity index (χ0n) is 12.2. The van der Waals surface area contributed by atoms with Gasteiger partial charge in [-0.1, -0.05) is 0 Å². The fraction of sp³-hybridized carbons (Fsp3) is 0.375. The van der Waals surface area contributed by atoms with Crippen molar-refractivity contribution in [3.63, 3.8) is 0 Å². The average molecular weight is 323 g/mol. The van der Waals surface area contributed by atoms with Gasteiger partial charge in [0, 0.05) is 24.7 Å². The number of rotatable bonds is 2. The second-order valence-corrected chi connectivity index (χ2v) is 5.34. The predicted octanol–water partition coefficient (Wildman–Crippen LogP) is 2.30. The smallest absolute Gasteiger partial charge is 0.253 e. The van der Waals surface area contributed by atoms with Crippen LogP contribution in [0.2, 0.25) is 0 Å². The summed E-state index contributed by atoms with van der Waals surface area (Å²) >= 11 is 0. The molecule has 3 rings (SSSR count). The highest BCUT2D eigenvalue weighted by Crippen LogP contribution is 2.18. The first-order chi connectivity index (χ1) is 10.2. The Balaban J connectivity index is 0.00000176. The van der Waals surface area contributed by atoms with Crippen molar-refractivity contribution in [1.29, 1.82) is 0 Å². The molecular weight excluding hydrogens is 304 g/mol. The number of hydrogen-bond acceptors (Lipinski definition) is 4. The molecule has 1 aliphatic heterocycles. The molecule has 0 spiro atoms. The molecule has 6 heteroatoms. The van der Waals surface area contributed by atoms with Crippen LogP contribution in [0.3, 0.4) is 0 Å². The Hall–Kier alpha value is -1.85. The Morgan fingerprint density at radius 3 is 2.59 bits per heavy atom. The SMILES string of the molecule is Cl.NCc1cc(=O)c2cc(C(=O)N3CCCCC3)ccc2o1. The topological polar surface area (TPSA) is 76.5 Å². The molecule has 0 unspecified atom stereocenters. The molecule has 2 aromatic rings. The van der Waals surface area contributed by atoms with Gasteiger partial charge in [0.25, 0.3) is 5.91 Å². The van der Waals surface area contributed by atoms with E-state index in [2.05, 4.69) is 0 Å². The minimum atomic E-state index is -0.162. The highest BCUT2D eigenvalue weighted by molar-refractivity contribution is 5.97. The molecule has 118 valence electrons. The van der Waals surface area contributed by atoms with Gasteiger partial charge in [0.05, 0.1) is 11.9 Å². The van der Waals surface area contributed by atoms with Crippen molar-refractivity contribution < 1.29 is 9.21 Å². The molecule has 5 nitrogen and oxygen atoms in total. The monoisotopic (exact) mass is 322 g/mol. The summed E-state index contributed by atoms with van der Waals surface area (Å²) in [5.74, 6) is 0.432. The lowest BCUT2D eigenvalue weighted by atomic mass is 10.1. The lowest BCUT2D eigenvalue weighted by molar-refractivity contribution is 0.0724. The van der Waals surface area contributed by atoms with Crippen molar-refractivity contribution in [3.05, 3.63) is 45.8 Å². The average Bonchev–Trinajstić information content (AvgIpc) is 2.54. The fourth-order valence-corrected chi connectivity index (χ4v) is 2.72. The number of benzene rings is 1. The second-order valence-electron chi connectivity index (χ2n) is 5.34. The molecule has 1 aromatic heterocycles. The van der Waals surface area contributed by atoms with Gasteiger partial charge in [-0.25, -0.2) is 0 Å². The number of nitrogens with two attached hydrogens (primary N) is 1. The maximum absolute atomic E-state index is 12.5. The number of fused-ring (bicyclic) bond motifs is 1. The van der Waals surface area contributed by atoms with Crippen molar-refractivity contribution in [1.82, 2.24) is 4.90 Å². The van der Waals surface area contributed by atoms with E-state index in [1.165, 1.54) is 12.5 Å².